The maximum Gasteiger partial charge on any atom is 0.134 e. The summed E-state index contributed by atoms with van der Waals surface area (Å²) in [7, 11) is 0. The zero-order valence-electron chi connectivity index (χ0n) is 7.75. The van der Waals surface area contributed by atoms with Crippen LogP contribution in [0.5, 0.6) is 5.75 Å². The first-order chi connectivity index (χ1) is 6.13. The van der Waals surface area contributed by atoms with E-state index in [1.807, 2.05) is 32.0 Å². The second-order valence-electron chi connectivity index (χ2n) is 3.04. The van der Waals surface area contributed by atoms with Crippen LogP contribution in [0.2, 0.25) is 0 Å². The summed E-state index contributed by atoms with van der Waals surface area (Å²) in [5.41, 5.74) is 1.18. The zero-order chi connectivity index (χ0) is 9.84. The number of hydrogen-bond acceptors (Lipinski definition) is 2. The van der Waals surface area contributed by atoms with E-state index in [1.54, 1.807) is 0 Å². The van der Waals surface area contributed by atoms with Gasteiger partial charge in [0, 0.05) is 0 Å². The molecule has 0 fully saturated rings. The third kappa shape index (κ3) is 3.01. The molecule has 13 heavy (non-hydrogen) atoms. The number of rotatable bonds is 3. The van der Waals surface area contributed by atoms with E-state index in [4.69, 9.17) is 9.84 Å². The predicted octanol–water partition coefficient (Wildman–Crippen LogP) is 2.52. The molecule has 1 aromatic rings. The number of benzene rings is 1. The van der Waals surface area contributed by atoms with Crippen molar-refractivity contribution in [1.82, 2.24) is 0 Å². The maximum absolute atomic E-state index is 8.80. The molecule has 0 heterocycles. The average molecular weight is 245 g/mol. The van der Waals surface area contributed by atoms with Gasteiger partial charge in [-0.3, -0.25) is 0 Å². The zero-order valence-corrected chi connectivity index (χ0v) is 9.34. The van der Waals surface area contributed by atoms with Crippen molar-refractivity contribution < 1.29 is 9.84 Å². The first kappa shape index (κ1) is 10.5. The van der Waals surface area contributed by atoms with Crippen LogP contribution in [0.15, 0.2) is 22.7 Å². The van der Waals surface area contributed by atoms with Gasteiger partial charge in [-0.15, -0.1) is 0 Å². The van der Waals surface area contributed by atoms with E-state index in [2.05, 4.69) is 15.9 Å². The lowest BCUT2D eigenvalue weighted by molar-refractivity contribution is 0.129. The van der Waals surface area contributed by atoms with Gasteiger partial charge in [0.25, 0.3) is 0 Å². The first-order valence-corrected chi connectivity index (χ1v) is 4.96. The van der Waals surface area contributed by atoms with Gasteiger partial charge in [-0.25, -0.2) is 0 Å². The van der Waals surface area contributed by atoms with E-state index in [0.717, 1.165) is 10.2 Å². The lowest BCUT2D eigenvalue weighted by Crippen LogP contribution is -2.16. The molecule has 72 valence electrons. The highest BCUT2D eigenvalue weighted by Gasteiger charge is 2.05. The minimum absolute atomic E-state index is 0.0281. The summed E-state index contributed by atoms with van der Waals surface area (Å²) in [4.78, 5) is 0. The van der Waals surface area contributed by atoms with Gasteiger partial charge >= 0.3 is 0 Å². The summed E-state index contributed by atoms with van der Waals surface area (Å²) in [6.07, 6.45) is -0.168. The summed E-state index contributed by atoms with van der Waals surface area (Å²) >= 11 is 3.40. The number of halogens is 1. The summed E-state index contributed by atoms with van der Waals surface area (Å²) in [6.45, 7) is 3.87. The molecule has 0 bridgehead atoms. The molecular weight excluding hydrogens is 232 g/mol. The van der Waals surface area contributed by atoms with Crippen LogP contribution in [0, 0.1) is 6.92 Å². The fourth-order valence-electron chi connectivity index (χ4n) is 0.955. The molecule has 0 aromatic heterocycles. The Hall–Kier alpha value is -0.540. The lowest BCUT2D eigenvalue weighted by atomic mass is 10.2. The highest BCUT2D eigenvalue weighted by Crippen LogP contribution is 2.26. The molecule has 0 unspecified atom stereocenters. The molecule has 1 aromatic carbocycles. The summed E-state index contributed by atoms with van der Waals surface area (Å²) in [5.74, 6) is 0.771. The van der Waals surface area contributed by atoms with Gasteiger partial charge in [-0.2, -0.15) is 0 Å². The molecule has 1 atom stereocenters. The van der Waals surface area contributed by atoms with Crippen LogP contribution in [-0.4, -0.2) is 17.8 Å². The molecule has 0 saturated carbocycles. The van der Waals surface area contributed by atoms with Crippen molar-refractivity contribution in [3.05, 3.63) is 28.2 Å². The minimum Gasteiger partial charge on any atom is -0.487 e. The number of aliphatic hydroxyl groups is 1. The molecule has 0 spiro atoms. The normalized spacial score (nSPS) is 12.6. The molecule has 0 aliphatic rings. The first-order valence-electron chi connectivity index (χ1n) is 4.17. The molecule has 1 rings (SSSR count). The van der Waals surface area contributed by atoms with Gasteiger partial charge in [-0.05, 0) is 47.5 Å². The smallest absolute Gasteiger partial charge is 0.134 e. The summed E-state index contributed by atoms with van der Waals surface area (Å²) in [6, 6.07) is 5.86. The van der Waals surface area contributed by atoms with Crippen molar-refractivity contribution >= 4 is 15.9 Å². The van der Waals surface area contributed by atoms with Crippen molar-refractivity contribution in [2.24, 2.45) is 0 Å². The average Bonchev–Trinajstić information content (AvgIpc) is 2.09. The molecule has 2 nitrogen and oxygen atoms in total. The Kier molecular flexibility index (Phi) is 3.75. The molecule has 0 aliphatic carbocycles. The SMILES string of the molecule is Cc1ccc(O[C@H](C)CO)c(Br)c1. The highest BCUT2D eigenvalue weighted by atomic mass is 79.9. The Balaban J connectivity index is 2.77. The van der Waals surface area contributed by atoms with Gasteiger partial charge in [0.1, 0.15) is 11.9 Å². The van der Waals surface area contributed by atoms with Crippen molar-refractivity contribution in [3.8, 4) is 5.75 Å². The third-order valence-corrected chi connectivity index (χ3v) is 2.29. The highest BCUT2D eigenvalue weighted by molar-refractivity contribution is 9.10. The van der Waals surface area contributed by atoms with Gasteiger partial charge < -0.3 is 9.84 Å². The standard InChI is InChI=1S/C10H13BrO2/c1-7-3-4-10(9(11)5-7)13-8(2)6-12/h3-5,8,12H,6H2,1-2H3/t8-/m1/s1. The van der Waals surface area contributed by atoms with E-state index in [-0.39, 0.29) is 12.7 Å². The van der Waals surface area contributed by atoms with Crippen LogP contribution in [-0.2, 0) is 0 Å². The number of ether oxygens (including phenoxy) is 1. The fraction of sp³-hybridized carbons (Fsp3) is 0.400. The quantitative estimate of drug-likeness (QED) is 0.886. The molecule has 0 amide bonds. The lowest BCUT2D eigenvalue weighted by Gasteiger charge is -2.13. The van der Waals surface area contributed by atoms with Crippen LogP contribution in [0.4, 0.5) is 0 Å². The monoisotopic (exact) mass is 244 g/mol. The van der Waals surface area contributed by atoms with E-state index in [1.165, 1.54) is 5.56 Å². The van der Waals surface area contributed by atoms with E-state index in [0.29, 0.717) is 0 Å². The van der Waals surface area contributed by atoms with Crippen molar-refractivity contribution in [1.29, 1.82) is 0 Å². The van der Waals surface area contributed by atoms with E-state index < -0.39 is 0 Å². The molecule has 0 aliphatic heterocycles. The van der Waals surface area contributed by atoms with Crippen LogP contribution in [0.25, 0.3) is 0 Å². The summed E-state index contributed by atoms with van der Waals surface area (Å²) in [5, 5.41) is 8.80. The maximum atomic E-state index is 8.80. The van der Waals surface area contributed by atoms with Crippen molar-refractivity contribution in [3.63, 3.8) is 0 Å². The summed E-state index contributed by atoms with van der Waals surface area (Å²) < 4.78 is 6.38. The number of hydrogen-bond donors (Lipinski definition) is 1. The van der Waals surface area contributed by atoms with Crippen molar-refractivity contribution in [2.75, 3.05) is 6.61 Å². The molecular formula is C10H13BrO2. The Morgan fingerprint density at radius 3 is 2.77 bits per heavy atom. The third-order valence-electron chi connectivity index (χ3n) is 1.67. The second-order valence-corrected chi connectivity index (χ2v) is 3.90. The van der Waals surface area contributed by atoms with Gasteiger partial charge in [0.2, 0.25) is 0 Å². The number of aryl methyl sites for hydroxylation is 1. The second kappa shape index (κ2) is 4.63. The van der Waals surface area contributed by atoms with Gasteiger partial charge in [0.15, 0.2) is 0 Å². The Bertz CT molecular complexity index is 286. The molecule has 1 N–H and O–H groups in total. The molecule has 3 heteroatoms. The topological polar surface area (TPSA) is 29.5 Å². The van der Waals surface area contributed by atoms with E-state index in [9.17, 15) is 0 Å². The predicted molar refractivity (Wildman–Crippen MR) is 56.1 cm³/mol. The Morgan fingerprint density at radius 1 is 1.54 bits per heavy atom. The Labute approximate surface area is 86.7 Å². The number of aliphatic hydroxyl groups excluding tert-OH is 1. The largest absolute Gasteiger partial charge is 0.487 e. The minimum atomic E-state index is -0.168. The molecule has 0 saturated heterocycles. The van der Waals surface area contributed by atoms with Crippen LogP contribution in [0.1, 0.15) is 12.5 Å². The van der Waals surface area contributed by atoms with Crippen LogP contribution >= 0.6 is 15.9 Å². The van der Waals surface area contributed by atoms with Gasteiger partial charge in [-0.1, -0.05) is 6.07 Å². The van der Waals surface area contributed by atoms with Crippen LogP contribution in [0.3, 0.4) is 0 Å². The van der Waals surface area contributed by atoms with E-state index >= 15 is 0 Å². The molecule has 0 radical (unpaired) electrons. The van der Waals surface area contributed by atoms with Crippen LogP contribution < -0.4 is 4.74 Å². The van der Waals surface area contributed by atoms with Crippen molar-refractivity contribution in [2.45, 2.75) is 20.0 Å². The Morgan fingerprint density at radius 2 is 2.23 bits per heavy atom. The van der Waals surface area contributed by atoms with Gasteiger partial charge in [0.05, 0.1) is 11.1 Å². The fourth-order valence-corrected chi connectivity index (χ4v) is 1.54.